The average molecular weight is 392 g/mol. The molecule has 0 bridgehead atoms. The molecule has 1 aliphatic rings. The van der Waals surface area contributed by atoms with Gasteiger partial charge in [-0.15, -0.1) is 0 Å². The Kier molecular flexibility index (Phi) is 5.29. The fourth-order valence-electron chi connectivity index (χ4n) is 3.11. The number of carbonyl (C=O) groups excluding carboxylic acids is 2. The highest BCUT2D eigenvalue weighted by Gasteiger charge is 2.19. The smallest absolute Gasteiger partial charge is 0.357 e. The molecule has 0 unspecified atom stereocenters. The summed E-state index contributed by atoms with van der Waals surface area (Å²) in [5.74, 6) is 0.460. The van der Waals surface area contributed by atoms with Crippen molar-refractivity contribution in [1.82, 2.24) is 9.88 Å². The molecule has 3 aromatic rings. The van der Waals surface area contributed by atoms with Crippen molar-refractivity contribution < 1.29 is 23.8 Å². The summed E-state index contributed by atoms with van der Waals surface area (Å²) in [5.41, 5.74) is 1.79. The second kappa shape index (κ2) is 8.18. The van der Waals surface area contributed by atoms with Crippen LogP contribution in [-0.2, 0) is 16.1 Å². The molecule has 0 fully saturated rings. The van der Waals surface area contributed by atoms with Crippen LogP contribution in [0.15, 0.2) is 54.6 Å². The molecule has 7 nitrogen and oxygen atoms in total. The van der Waals surface area contributed by atoms with Crippen molar-refractivity contribution in [3.63, 3.8) is 0 Å². The van der Waals surface area contributed by atoms with E-state index in [1.807, 2.05) is 49.4 Å². The van der Waals surface area contributed by atoms with Gasteiger partial charge in [0.15, 0.2) is 18.1 Å². The first kappa shape index (κ1) is 18.7. The van der Waals surface area contributed by atoms with E-state index in [1.54, 1.807) is 17.0 Å². The molecule has 1 aromatic heterocycles. The Morgan fingerprint density at radius 3 is 2.76 bits per heavy atom. The molecule has 0 saturated heterocycles. The lowest BCUT2D eigenvalue weighted by molar-refractivity contribution is -0.134. The van der Waals surface area contributed by atoms with Gasteiger partial charge in [-0.1, -0.05) is 30.3 Å². The highest BCUT2D eigenvalue weighted by molar-refractivity contribution is 5.92. The molecular formula is C22H20N2O5. The van der Waals surface area contributed by atoms with Crippen molar-refractivity contribution in [2.24, 2.45) is 0 Å². The number of likely N-dealkylation sites (N-methyl/N-ethyl adjacent to an activating group) is 1. The molecule has 0 saturated carbocycles. The van der Waals surface area contributed by atoms with Crippen LogP contribution in [0, 0.1) is 0 Å². The van der Waals surface area contributed by atoms with E-state index < -0.39 is 5.97 Å². The zero-order valence-electron chi connectivity index (χ0n) is 16.0. The lowest BCUT2D eigenvalue weighted by Crippen LogP contribution is -2.34. The number of amides is 1. The molecule has 0 radical (unpaired) electrons. The van der Waals surface area contributed by atoms with Crippen LogP contribution in [-0.4, -0.2) is 41.7 Å². The average Bonchev–Trinajstić information content (AvgIpc) is 3.23. The Balaban J connectivity index is 1.37. The third-order valence-corrected chi connectivity index (χ3v) is 4.68. The van der Waals surface area contributed by atoms with Gasteiger partial charge in [-0.25, -0.2) is 9.78 Å². The number of carbonyl (C=O) groups is 2. The van der Waals surface area contributed by atoms with E-state index in [1.165, 1.54) is 0 Å². The van der Waals surface area contributed by atoms with Crippen LogP contribution < -0.4 is 9.47 Å². The first-order valence-electron chi connectivity index (χ1n) is 9.33. The number of aromatic nitrogens is 1. The van der Waals surface area contributed by atoms with Gasteiger partial charge < -0.3 is 19.1 Å². The van der Waals surface area contributed by atoms with Crippen molar-refractivity contribution in [3.05, 3.63) is 65.9 Å². The fraction of sp³-hybridized carbons (Fsp3) is 0.227. The van der Waals surface area contributed by atoms with Crippen LogP contribution in [0.25, 0.3) is 10.9 Å². The van der Waals surface area contributed by atoms with Crippen molar-refractivity contribution >= 4 is 22.8 Å². The molecule has 148 valence electrons. The van der Waals surface area contributed by atoms with Crippen molar-refractivity contribution in [3.8, 4) is 11.5 Å². The SMILES string of the molecule is CCN(Cc1ccc2c(c1)OCO2)C(=O)COC(=O)c1ccc2ccccc2n1. The lowest BCUT2D eigenvalue weighted by atomic mass is 10.2. The number of fused-ring (bicyclic) bond motifs is 2. The highest BCUT2D eigenvalue weighted by atomic mass is 16.7. The van der Waals surface area contributed by atoms with Crippen molar-refractivity contribution in [2.45, 2.75) is 13.5 Å². The molecule has 7 heteroatoms. The van der Waals surface area contributed by atoms with Gasteiger partial charge in [0.2, 0.25) is 6.79 Å². The maximum absolute atomic E-state index is 12.5. The zero-order valence-corrected chi connectivity index (χ0v) is 16.0. The Bertz CT molecular complexity index is 1070. The summed E-state index contributed by atoms with van der Waals surface area (Å²) >= 11 is 0. The first-order chi connectivity index (χ1) is 14.1. The van der Waals surface area contributed by atoms with Crippen LogP contribution >= 0.6 is 0 Å². The van der Waals surface area contributed by atoms with Gasteiger partial charge in [-0.05, 0) is 36.8 Å². The number of esters is 1. The van der Waals surface area contributed by atoms with Crippen molar-refractivity contribution in [2.75, 3.05) is 19.9 Å². The van der Waals surface area contributed by atoms with Gasteiger partial charge in [0.25, 0.3) is 5.91 Å². The van der Waals surface area contributed by atoms with E-state index in [4.69, 9.17) is 14.2 Å². The lowest BCUT2D eigenvalue weighted by Gasteiger charge is -2.21. The molecule has 2 heterocycles. The number of ether oxygens (including phenoxy) is 3. The quantitative estimate of drug-likeness (QED) is 0.600. The predicted molar refractivity (Wildman–Crippen MR) is 106 cm³/mol. The van der Waals surface area contributed by atoms with E-state index in [9.17, 15) is 9.59 Å². The fourth-order valence-corrected chi connectivity index (χ4v) is 3.11. The number of pyridine rings is 1. The van der Waals surface area contributed by atoms with Crippen molar-refractivity contribution in [1.29, 1.82) is 0 Å². The largest absolute Gasteiger partial charge is 0.454 e. The molecule has 0 atom stereocenters. The van der Waals surface area contributed by atoms with E-state index >= 15 is 0 Å². The van der Waals surface area contributed by atoms with Gasteiger partial charge in [0.05, 0.1) is 5.52 Å². The number of benzene rings is 2. The summed E-state index contributed by atoms with van der Waals surface area (Å²) in [4.78, 5) is 30.7. The highest BCUT2D eigenvalue weighted by Crippen LogP contribution is 2.32. The van der Waals surface area contributed by atoms with Crippen LogP contribution in [0.3, 0.4) is 0 Å². The van der Waals surface area contributed by atoms with Crippen LogP contribution in [0.4, 0.5) is 0 Å². The Morgan fingerprint density at radius 2 is 1.90 bits per heavy atom. The predicted octanol–water partition coefficient (Wildman–Crippen LogP) is 3.17. The summed E-state index contributed by atoms with van der Waals surface area (Å²) < 4.78 is 15.9. The number of para-hydroxylation sites is 1. The zero-order chi connectivity index (χ0) is 20.2. The summed E-state index contributed by atoms with van der Waals surface area (Å²) in [6.07, 6.45) is 0. The molecule has 0 aliphatic carbocycles. The van der Waals surface area contributed by atoms with Gasteiger partial charge in [-0.2, -0.15) is 0 Å². The number of hydrogen-bond acceptors (Lipinski definition) is 6. The van der Waals surface area contributed by atoms with Gasteiger partial charge in [0.1, 0.15) is 5.69 Å². The third-order valence-electron chi connectivity index (χ3n) is 4.68. The Hall–Kier alpha value is -3.61. The van der Waals surface area contributed by atoms with E-state index in [0.29, 0.717) is 30.1 Å². The summed E-state index contributed by atoms with van der Waals surface area (Å²) in [6.45, 7) is 2.61. The van der Waals surface area contributed by atoms with Gasteiger partial charge >= 0.3 is 5.97 Å². The van der Waals surface area contributed by atoms with Gasteiger partial charge in [0, 0.05) is 18.5 Å². The molecule has 0 N–H and O–H groups in total. The third kappa shape index (κ3) is 4.13. The van der Waals surface area contributed by atoms with E-state index in [2.05, 4.69) is 4.98 Å². The summed E-state index contributed by atoms with van der Waals surface area (Å²) in [5, 5.41) is 0.931. The molecular weight excluding hydrogens is 372 g/mol. The first-order valence-corrected chi connectivity index (χ1v) is 9.33. The summed E-state index contributed by atoms with van der Waals surface area (Å²) in [6, 6.07) is 16.4. The monoisotopic (exact) mass is 392 g/mol. The minimum atomic E-state index is -0.622. The molecule has 1 aliphatic heterocycles. The maximum Gasteiger partial charge on any atom is 0.357 e. The van der Waals surface area contributed by atoms with Gasteiger partial charge in [-0.3, -0.25) is 4.79 Å². The number of rotatable bonds is 6. The maximum atomic E-state index is 12.5. The topological polar surface area (TPSA) is 78.0 Å². The molecule has 29 heavy (non-hydrogen) atoms. The number of nitrogens with zero attached hydrogens (tertiary/aromatic N) is 2. The van der Waals surface area contributed by atoms with Crippen LogP contribution in [0.1, 0.15) is 23.0 Å². The Morgan fingerprint density at radius 1 is 1.07 bits per heavy atom. The molecule has 1 amide bonds. The molecule has 4 rings (SSSR count). The minimum Gasteiger partial charge on any atom is -0.454 e. The van der Waals surface area contributed by atoms with Crippen LogP contribution in [0.2, 0.25) is 0 Å². The van der Waals surface area contributed by atoms with E-state index in [0.717, 1.165) is 10.9 Å². The normalized spacial score (nSPS) is 12.0. The second-order valence-corrected chi connectivity index (χ2v) is 6.56. The standard InChI is InChI=1S/C22H20N2O5/c1-2-24(12-15-7-10-19-20(11-15)29-14-28-19)21(25)13-27-22(26)18-9-8-16-5-3-4-6-17(16)23-18/h3-11H,2,12-14H2,1H3. The molecule has 0 spiro atoms. The second-order valence-electron chi connectivity index (χ2n) is 6.56. The Labute approximate surface area is 167 Å². The van der Waals surface area contributed by atoms with E-state index in [-0.39, 0.29) is 25.0 Å². The number of hydrogen-bond donors (Lipinski definition) is 0. The van der Waals surface area contributed by atoms with Crippen LogP contribution in [0.5, 0.6) is 11.5 Å². The molecule has 2 aromatic carbocycles. The summed E-state index contributed by atoms with van der Waals surface area (Å²) in [7, 11) is 0. The minimum absolute atomic E-state index is 0.176.